The van der Waals surface area contributed by atoms with Crippen LogP contribution >= 0.6 is 0 Å². The first kappa shape index (κ1) is 16.2. The van der Waals surface area contributed by atoms with Gasteiger partial charge in [0, 0.05) is 30.9 Å². The van der Waals surface area contributed by atoms with Crippen LogP contribution in [0.15, 0.2) is 18.2 Å². The SMILES string of the molecule is CCNCC1CCN(C(=O)c2cc([N+](=O)[O-])ccc2N)CC1. The van der Waals surface area contributed by atoms with Gasteiger partial charge in [-0.3, -0.25) is 14.9 Å². The number of hydrogen-bond donors (Lipinski definition) is 2. The van der Waals surface area contributed by atoms with E-state index in [-0.39, 0.29) is 22.8 Å². The number of non-ortho nitro benzene ring substituents is 1. The molecular formula is C15H22N4O3. The molecule has 120 valence electrons. The molecule has 22 heavy (non-hydrogen) atoms. The molecule has 1 heterocycles. The fourth-order valence-corrected chi connectivity index (χ4v) is 2.70. The summed E-state index contributed by atoms with van der Waals surface area (Å²) in [7, 11) is 0. The molecule has 2 rings (SSSR count). The lowest BCUT2D eigenvalue weighted by Gasteiger charge is -2.32. The summed E-state index contributed by atoms with van der Waals surface area (Å²) < 4.78 is 0. The van der Waals surface area contributed by atoms with E-state index in [1.54, 1.807) is 4.90 Å². The van der Waals surface area contributed by atoms with E-state index < -0.39 is 4.92 Å². The fraction of sp³-hybridized carbons (Fsp3) is 0.533. The molecule has 0 unspecified atom stereocenters. The zero-order valence-electron chi connectivity index (χ0n) is 12.7. The Morgan fingerprint density at radius 2 is 2.14 bits per heavy atom. The summed E-state index contributed by atoms with van der Waals surface area (Å²) in [6.07, 6.45) is 1.88. The molecule has 1 amide bonds. The van der Waals surface area contributed by atoms with Gasteiger partial charge in [0.25, 0.3) is 11.6 Å². The number of nitrogen functional groups attached to an aromatic ring is 1. The Morgan fingerprint density at radius 3 is 2.73 bits per heavy atom. The van der Waals surface area contributed by atoms with Crippen molar-refractivity contribution in [3.05, 3.63) is 33.9 Å². The number of nitro benzene ring substituents is 1. The number of piperidine rings is 1. The minimum atomic E-state index is -0.515. The molecule has 0 atom stereocenters. The van der Waals surface area contributed by atoms with Crippen molar-refractivity contribution in [1.82, 2.24) is 10.2 Å². The maximum atomic E-state index is 12.5. The van der Waals surface area contributed by atoms with E-state index in [0.717, 1.165) is 25.9 Å². The van der Waals surface area contributed by atoms with Crippen LogP contribution in [0.25, 0.3) is 0 Å². The standard InChI is InChI=1S/C15H22N4O3/c1-2-17-10-11-5-7-18(8-6-11)15(20)13-9-12(19(21)22)3-4-14(13)16/h3-4,9,11,17H,2,5-8,10,16H2,1H3. The summed E-state index contributed by atoms with van der Waals surface area (Å²) in [5.74, 6) is 0.356. The first-order valence-corrected chi connectivity index (χ1v) is 7.56. The highest BCUT2D eigenvalue weighted by molar-refractivity contribution is 5.99. The average molecular weight is 306 g/mol. The molecule has 1 fully saturated rings. The number of anilines is 1. The molecule has 1 aliphatic heterocycles. The highest BCUT2D eigenvalue weighted by Gasteiger charge is 2.25. The highest BCUT2D eigenvalue weighted by atomic mass is 16.6. The van der Waals surface area contributed by atoms with Crippen molar-refractivity contribution in [1.29, 1.82) is 0 Å². The minimum absolute atomic E-state index is 0.111. The number of carbonyl (C=O) groups is 1. The van der Waals surface area contributed by atoms with Gasteiger partial charge >= 0.3 is 0 Å². The predicted molar refractivity (Wildman–Crippen MR) is 84.7 cm³/mol. The molecule has 1 aliphatic rings. The monoisotopic (exact) mass is 306 g/mol. The van der Waals surface area contributed by atoms with Crippen molar-refractivity contribution < 1.29 is 9.72 Å². The molecule has 3 N–H and O–H groups in total. The lowest BCUT2D eigenvalue weighted by Crippen LogP contribution is -2.41. The Balaban J connectivity index is 2.04. The molecular weight excluding hydrogens is 284 g/mol. The van der Waals surface area contributed by atoms with Crippen molar-refractivity contribution >= 4 is 17.3 Å². The fourth-order valence-electron chi connectivity index (χ4n) is 2.70. The van der Waals surface area contributed by atoms with Gasteiger partial charge in [0.05, 0.1) is 10.5 Å². The summed E-state index contributed by atoms with van der Waals surface area (Å²) >= 11 is 0. The van der Waals surface area contributed by atoms with Crippen LogP contribution in [0.4, 0.5) is 11.4 Å². The number of amides is 1. The number of hydrogen-bond acceptors (Lipinski definition) is 5. The number of benzene rings is 1. The second-order valence-electron chi connectivity index (χ2n) is 5.57. The topological polar surface area (TPSA) is 102 Å². The van der Waals surface area contributed by atoms with E-state index in [1.807, 2.05) is 0 Å². The molecule has 0 saturated carbocycles. The summed E-state index contributed by atoms with van der Waals surface area (Å²) in [6.45, 7) is 5.32. The van der Waals surface area contributed by atoms with Crippen LogP contribution in [0.2, 0.25) is 0 Å². The van der Waals surface area contributed by atoms with E-state index in [1.165, 1.54) is 18.2 Å². The van der Waals surface area contributed by atoms with Gasteiger partial charge in [-0.2, -0.15) is 0 Å². The van der Waals surface area contributed by atoms with Crippen molar-refractivity contribution in [2.24, 2.45) is 5.92 Å². The number of nitrogens with zero attached hydrogens (tertiary/aromatic N) is 2. The normalized spacial score (nSPS) is 15.8. The zero-order valence-corrected chi connectivity index (χ0v) is 12.7. The summed E-state index contributed by atoms with van der Waals surface area (Å²) in [5.41, 5.74) is 6.20. The van der Waals surface area contributed by atoms with Crippen LogP contribution in [0, 0.1) is 16.0 Å². The second kappa shape index (κ2) is 7.22. The maximum absolute atomic E-state index is 12.5. The van der Waals surface area contributed by atoms with Crippen LogP contribution in [-0.4, -0.2) is 41.9 Å². The van der Waals surface area contributed by atoms with E-state index in [9.17, 15) is 14.9 Å². The molecule has 7 nitrogen and oxygen atoms in total. The van der Waals surface area contributed by atoms with Crippen LogP contribution in [0.1, 0.15) is 30.1 Å². The third kappa shape index (κ3) is 3.73. The van der Waals surface area contributed by atoms with Crippen LogP contribution in [0.5, 0.6) is 0 Å². The molecule has 0 aromatic heterocycles. The third-order valence-electron chi connectivity index (χ3n) is 4.06. The van der Waals surface area contributed by atoms with Crippen molar-refractivity contribution in [2.75, 3.05) is 31.9 Å². The van der Waals surface area contributed by atoms with Crippen molar-refractivity contribution in [3.63, 3.8) is 0 Å². The Hall–Kier alpha value is -2.15. The first-order valence-electron chi connectivity index (χ1n) is 7.56. The van der Waals surface area contributed by atoms with E-state index in [0.29, 0.717) is 19.0 Å². The lowest BCUT2D eigenvalue weighted by atomic mass is 9.96. The Morgan fingerprint density at radius 1 is 1.45 bits per heavy atom. The van der Waals surface area contributed by atoms with Gasteiger partial charge in [-0.1, -0.05) is 6.92 Å². The largest absolute Gasteiger partial charge is 0.398 e. The van der Waals surface area contributed by atoms with Gasteiger partial charge in [0.15, 0.2) is 0 Å². The maximum Gasteiger partial charge on any atom is 0.270 e. The Kier molecular flexibility index (Phi) is 5.32. The first-order chi connectivity index (χ1) is 10.5. The number of nitrogens with two attached hydrogens (primary N) is 1. The van der Waals surface area contributed by atoms with E-state index >= 15 is 0 Å². The van der Waals surface area contributed by atoms with E-state index in [4.69, 9.17) is 5.73 Å². The highest BCUT2D eigenvalue weighted by Crippen LogP contribution is 2.24. The van der Waals surface area contributed by atoms with Crippen LogP contribution in [-0.2, 0) is 0 Å². The van der Waals surface area contributed by atoms with Gasteiger partial charge < -0.3 is 16.0 Å². The number of likely N-dealkylation sites (tertiary alicyclic amines) is 1. The molecule has 1 aromatic carbocycles. The van der Waals surface area contributed by atoms with Gasteiger partial charge in [-0.05, 0) is 37.9 Å². The van der Waals surface area contributed by atoms with Crippen molar-refractivity contribution in [2.45, 2.75) is 19.8 Å². The molecule has 0 radical (unpaired) electrons. The Bertz CT molecular complexity index is 554. The van der Waals surface area contributed by atoms with Crippen molar-refractivity contribution in [3.8, 4) is 0 Å². The lowest BCUT2D eigenvalue weighted by molar-refractivity contribution is -0.384. The van der Waals surface area contributed by atoms with Gasteiger partial charge in [0.2, 0.25) is 0 Å². The molecule has 1 aromatic rings. The van der Waals surface area contributed by atoms with Gasteiger partial charge in [-0.15, -0.1) is 0 Å². The van der Waals surface area contributed by atoms with Gasteiger partial charge in [-0.25, -0.2) is 0 Å². The second-order valence-corrected chi connectivity index (χ2v) is 5.57. The number of carbonyl (C=O) groups excluding carboxylic acids is 1. The van der Waals surface area contributed by atoms with Gasteiger partial charge in [0.1, 0.15) is 0 Å². The van der Waals surface area contributed by atoms with E-state index in [2.05, 4.69) is 12.2 Å². The summed E-state index contributed by atoms with van der Waals surface area (Å²) in [4.78, 5) is 24.6. The minimum Gasteiger partial charge on any atom is -0.398 e. The van der Waals surface area contributed by atoms with Crippen LogP contribution in [0.3, 0.4) is 0 Å². The smallest absolute Gasteiger partial charge is 0.270 e. The molecule has 7 heteroatoms. The summed E-state index contributed by atoms with van der Waals surface area (Å²) in [5, 5.41) is 14.2. The molecule has 1 saturated heterocycles. The molecule has 0 bridgehead atoms. The third-order valence-corrected chi connectivity index (χ3v) is 4.06. The molecule has 0 aliphatic carbocycles. The molecule has 0 spiro atoms. The number of rotatable bonds is 5. The number of nitro groups is 1. The summed E-state index contributed by atoms with van der Waals surface area (Å²) in [6, 6.07) is 4.00. The quantitative estimate of drug-likeness (QED) is 0.489. The number of nitrogens with one attached hydrogen (secondary N) is 1. The Labute approximate surface area is 129 Å². The van der Waals surface area contributed by atoms with Crippen LogP contribution < -0.4 is 11.1 Å². The average Bonchev–Trinajstić information content (AvgIpc) is 2.53. The zero-order chi connectivity index (χ0) is 16.1. The predicted octanol–water partition coefficient (Wildman–Crippen LogP) is 1.64.